The number of aryl methyl sites for hydroxylation is 1. The van der Waals surface area contributed by atoms with Crippen LogP contribution >= 0.6 is 11.3 Å². The maximum atomic E-state index is 4.67. The summed E-state index contributed by atoms with van der Waals surface area (Å²) in [5.74, 6) is 0. The van der Waals surface area contributed by atoms with Crippen LogP contribution in [0.5, 0.6) is 0 Å². The van der Waals surface area contributed by atoms with E-state index in [-0.39, 0.29) is 0 Å². The predicted molar refractivity (Wildman–Crippen MR) is 101 cm³/mol. The summed E-state index contributed by atoms with van der Waals surface area (Å²) in [7, 11) is 0. The Morgan fingerprint density at radius 3 is 2.57 bits per heavy atom. The average Bonchev–Trinajstić information content (AvgIpc) is 2.98. The Bertz CT molecular complexity index is 951. The van der Waals surface area contributed by atoms with Crippen LogP contribution in [0.4, 0.5) is 0 Å². The molecule has 0 N–H and O–H groups in total. The van der Waals surface area contributed by atoms with Crippen LogP contribution < -0.4 is 0 Å². The molecular weight excluding hydrogens is 298 g/mol. The molecule has 23 heavy (non-hydrogen) atoms. The van der Waals surface area contributed by atoms with Crippen molar-refractivity contribution in [2.24, 2.45) is 0 Å². The molecule has 2 heterocycles. The highest BCUT2D eigenvalue weighted by molar-refractivity contribution is 7.25. The third kappa shape index (κ3) is 2.75. The fraction of sp³-hybridized carbons (Fsp3) is 0.190. The zero-order valence-corrected chi connectivity index (χ0v) is 14.1. The standard InChI is InChI=1S/C21H19NS/c1-2-3-6-15-9-11-16(12-10-15)19-13-18-17-7-4-5-8-20(17)23-21(18)14-22-19/h4-5,7-14H,2-3,6H2,1H3. The van der Waals surface area contributed by atoms with E-state index < -0.39 is 0 Å². The lowest BCUT2D eigenvalue weighted by Crippen LogP contribution is -1.86. The summed E-state index contributed by atoms with van der Waals surface area (Å²) in [6, 6.07) is 19.7. The number of rotatable bonds is 4. The maximum absolute atomic E-state index is 4.67. The quantitative estimate of drug-likeness (QED) is 0.421. The highest BCUT2D eigenvalue weighted by atomic mass is 32.1. The topological polar surface area (TPSA) is 12.9 Å². The molecule has 0 spiro atoms. The van der Waals surface area contributed by atoms with Gasteiger partial charge in [-0.2, -0.15) is 0 Å². The Labute approximate surface area is 140 Å². The number of hydrogen-bond donors (Lipinski definition) is 0. The summed E-state index contributed by atoms with van der Waals surface area (Å²) >= 11 is 1.81. The molecule has 0 radical (unpaired) electrons. The first-order valence-corrected chi connectivity index (χ1v) is 9.03. The molecule has 0 aliphatic heterocycles. The Kier molecular flexibility index (Phi) is 3.84. The number of unbranched alkanes of at least 4 members (excludes halogenated alkanes) is 1. The SMILES string of the molecule is CCCCc1ccc(-c2cc3c(cn2)sc2ccccc23)cc1. The molecule has 0 bridgehead atoms. The van der Waals surface area contributed by atoms with Crippen LogP contribution in [0.1, 0.15) is 25.3 Å². The number of thiophene rings is 1. The van der Waals surface area contributed by atoms with Crippen molar-refractivity contribution in [1.29, 1.82) is 0 Å². The first-order chi connectivity index (χ1) is 11.3. The molecular formula is C21H19NS. The van der Waals surface area contributed by atoms with E-state index in [0.29, 0.717) is 0 Å². The highest BCUT2D eigenvalue weighted by Gasteiger charge is 2.07. The number of nitrogens with zero attached hydrogens (tertiary/aromatic N) is 1. The molecule has 0 amide bonds. The molecule has 2 heteroatoms. The van der Waals surface area contributed by atoms with Gasteiger partial charge in [0.15, 0.2) is 0 Å². The minimum Gasteiger partial charge on any atom is -0.255 e. The zero-order chi connectivity index (χ0) is 15.6. The first-order valence-electron chi connectivity index (χ1n) is 8.22. The minimum atomic E-state index is 1.06. The van der Waals surface area contributed by atoms with E-state index in [4.69, 9.17) is 0 Å². The number of benzene rings is 2. The van der Waals surface area contributed by atoms with Gasteiger partial charge in [-0.15, -0.1) is 11.3 Å². The summed E-state index contributed by atoms with van der Waals surface area (Å²) < 4.78 is 2.59. The van der Waals surface area contributed by atoms with Crippen LogP contribution in [0.15, 0.2) is 60.8 Å². The Hall–Kier alpha value is -2.19. The van der Waals surface area contributed by atoms with E-state index in [1.54, 1.807) is 0 Å². The molecule has 2 aromatic carbocycles. The fourth-order valence-corrected chi connectivity index (χ4v) is 4.07. The van der Waals surface area contributed by atoms with Crippen LogP contribution in [-0.2, 0) is 6.42 Å². The number of aromatic nitrogens is 1. The van der Waals surface area contributed by atoms with Gasteiger partial charge in [0.1, 0.15) is 0 Å². The lowest BCUT2D eigenvalue weighted by Gasteiger charge is -2.04. The Morgan fingerprint density at radius 2 is 1.74 bits per heavy atom. The highest BCUT2D eigenvalue weighted by Crippen LogP contribution is 2.35. The molecule has 114 valence electrons. The van der Waals surface area contributed by atoms with Gasteiger partial charge in [0, 0.05) is 27.2 Å². The van der Waals surface area contributed by atoms with Crippen LogP contribution in [0.2, 0.25) is 0 Å². The molecule has 0 fully saturated rings. The van der Waals surface area contributed by atoms with Crippen molar-refractivity contribution in [1.82, 2.24) is 4.98 Å². The monoisotopic (exact) mass is 317 g/mol. The van der Waals surface area contributed by atoms with Crippen molar-refractivity contribution in [3.05, 3.63) is 66.4 Å². The van der Waals surface area contributed by atoms with Gasteiger partial charge in [-0.3, -0.25) is 4.98 Å². The fourth-order valence-electron chi connectivity index (χ4n) is 3.01. The summed E-state index contributed by atoms with van der Waals surface area (Å²) in [6.45, 7) is 2.23. The van der Waals surface area contributed by atoms with Crippen LogP contribution in [-0.4, -0.2) is 4.98 Å². The van der Waals surface area contributed by atoms with Crippen molar-refractivity contribution >= 4 is 31.5 Å². The smallest absolute Gasteiger partial charge is 0.0709 e. The van der Waals surface area contributed by atoms with E-state index in [1.165, 1.54) is 50.6 Å². The number of hydrogen-bond acceptors (Lipinski definition) is 2. The first kappa shape index (κ1) is 14.4. The lowest BCUT2D eigenvalue weighted by atomic mass is 10.0. The van der Waals surface area contributed by atoms with Gasteiger partial charge in [0.25, 0.3) is 0 Å². The second-order valence-corrected chi connectivity index (χ2v) is 7.05. The van der Waals surface area contributed by atoms with Gasteiger partial charge in [0.2, 0.25) is 0 Å². The molecule has 0 aliphatic rings. The van der Waals surface area contributed by atoms with E-state index >= 15 is 0 Å². The average molecular weight is 317 g/mol. The van der Waals surface area contributed by atoms with Crippen LogP contribution in [0, 0.1) is 0 Å². The van der Waals surface area contributed by atoms with Crippen molar-refractivity contribution in [2.45, 2.75) is 26.2 Å². The van der Waals surface area contributed by atoms with E-state index in [2.05, 4.69) is 66.5 Å². The van der Waals surface area contributed by atoms with Crippen molar-refractivity contribution in [3.8, 4) is 11.3 Å². The van der Waals surface area contributed by atoms with E-state index in [9.17, 15) is 0 Å². The van der Waals surface area contributed by atoms with Gasteiger partial charge in [-0.1, -0.05) is 55.8 Å². The minimum absolute atomic E-state index is 1.06. The molecule has 4 aromatic rings. The Balaban J connectivity index is 1.75. The lowest BCUT2D eigenvalue weighted by molar-refractivity contribution is 0.795. The summed E-state index contributed by atoms with van der Waals surface area (Å²) in [4.78, 5) is 4.67. The van der Waals surface area contributed by atoms with Crippen molar-refractivity contribution in [3.63, 3.8) is 0 Å². The third-order valence-electron chi connectivity index (χ3n) is 4.33. The van der Waals surface area contributed by atoms with Crippen LogP contribution in [0.25, 0.3) is 31.4 Å². The van der Waals surface area contributed by atoms with E-state index in [0.717, 1.165) is 5.69 Å². The second-order valence-electron chi connectivity index (χ2n) is 5.96. The van der Waals surface area contributed by atoms with Gasteiger partial charge >= 0.3 is 0 Å². The number of fused-ring (bicyclic) bond motifs is 3. The number of pyridine rings is 1. The maximum Gasteiger partial charge on any atom is 0.0709 e. The van der Waals surface area contributed by atoms with Crippen molar-refractivity contribution < 1.29 is 0 Å². The molecule has 2 aromatic heterocycles. The molecule has 0 saturated heterocycles. The largest absolute Gasteiger partial charge is 0.255 e. The van der Waals surface area contributed by atoms with Crippen molar-refractivity contribution in [2.75, 3.05) is 0 Å². The third-order valence-corrected chi connectivity index (χ3v) is 5.45. The van der Waals surface area contributed by atoms with Gasteiger partial charge in [0.05, 0.1) is 10.4 Å². The summed E-state index contributed by atoms with van der Waals surface area (Å²) in [6.07, 6.45) is 5.67. The van der Waals surface area contributed by atoms with Gasteiger partial charge < -0.3 is 0 Å². The van der Waals surface area contributed by atoms with Gasteiger partial charge in [-0.25, -0.2) is 0 Å². The normalized spacial score (nSPS) is 11.3. The molecule has 0 atom stereocenters. The molecule has 4 rings (SSSR count). The molecule has 1 nitrogen and oxygen atoms in total. The van der Waals surface area contributed by atoms with Crippen LogP contribution in [0.3, 0.4) is 0 Å². The Morgan fingerprint density at radius 1 is 0.913 bits per heavy atom. The second kappa shape index (κ2) is 6.13. The summed E-state index contributed by atoms with van der Waals surface area (Å²) in [5, 5.41) is 2.64. The van der Waals surface area contributed by atoms with Gasteiger partial charge in [-0.05, 0) is 30.5 Å². The zero-order valence-electron chi connectivity index (χ0n) is 13.3. The van der Waals surface area contributed by atoms with E-state index in [1.807, 2.05) is 17.5 Å². The molecule has 0 saturated carbocycles. The molecule has 0 unspecified atom stereocenters. The predicted octanol–water partition coefficient (Wildman–Crippen LogP) is 6.46. The summed E-state index contributed by atoms with van der Waals surface area (Å²) in [5.41, 5.74) is 3.67. The molecule has 0 aliphatic carbocycles.